The number of rotatable bonds is 6. The van der Waals surface area contributed by atoms with Crippen molar-refractivity contribution in [3.63, 3.8) is 0 Å². The van der Waals surface area contributed by atoms with Gasteiger partial charge in [-0.25, -0.2) is 8.78 Å². The van der Waals surface area contributed by atoms with Crippen molar-refractivity contribution in [3.05, 3.63) is 65.0 Å². The molecule has 1 heterocycles. The average Bonchev–Trinajstić information content (AvgIpc) is 2.61. The van der Waals surface area contributed by atoms with E-state index in [1.54, 1.807) is 20.8 Å². The Morgan fingerprint density at radius 1 is 1.14 bits per heavy atom. The summed E-state index contributed by atoms with van der Waals surface area (Å²) >= 11 is 0. The lowest BCUT2D eigenvalue weighted by atomic mass is 9.90. The summed E-state index contributed by atoms with van der Waals surface area (Å²) in [4.78, 5) is 16.5. The summed E-state index contributed by atoms with van der Waals surface area (Å²) in [6.07, 6.45) is -2.47. The van der Waals surface area contributed by atoms with E-state index in [1.807, 2.05) is 0 Å². The fraction of sp³-hybridized carbons (Fsp3) is 0.400. The van der Waals surface area contributed by atoms with Gasteiger partial charge in [0.05, 0.1) is 17.5 Å². The molecule has 0 bridgehead atoms. The Balaban J connectivity index is 2.41. The maximum Gasteiger partial charge on any atom is 0.416 e. The second-order valence-electron chi connectivity index (χ2n) is 6.79. The van der Waals surface area contributed by atoms with Gasteiger partial charge in [0, 0.05) is 23.5 Å². The molecule has 3 nitrogen and oxygen atoms in total. The van der Waals surface area contributed by atoms with Crippen LogP contribution in [0.3, 0.4) is 0 Å². The van der Waals surface area contributed by atoms with E-state index in [0.29, 0.717) is 0 Å². The van der Waals surface area contributed by atoms with Crippen molar-refractivity contribution in [2.75, 3.05) is 0 Å². The molecule has 2 rings (SSSR count). The highest BCUT2D eigenvalue weighted by Gasteiger charge is 2.37. The topological polar surface area (TPSA) is 42.0 Å². The van der Waals surface area contributed by atoms with Crippen LogP contribution in [0, 0.1) is 17.6 Å². The maximum atomic E-state index is 14.1. The number of alkyl halides is 3. The molecule has 28 heavy (non-hydrogen) atoms. The predicted molar refractivity (Wildman–Crippen MR) is 94.4 cm³/mol. The molecular formula is C20H21F5N2O. The lowest BCUT2D eigenvalue weighted by Crippen LogP contribution is -2.37. The molecule has 2 aromatic rings. The Morgan fingerprint density at radius 3 is 2.25 bits per heavy atom. The van der Waals surface area contributed by atoms with E-state index >= 15 is 0 Å². The van der Waals surface area contributed by atoms with Gasteiger partial charge in [0.2, 0.25) is 5.91 Å². The Labute approximate surface area is 160 Å². The number of nitrogens with one attached hydrogen (secondary N) is 1. The van der Waals surface area contributed by atoms with Crippen LogP contribution in [0.5, 0.6) is 0 Å². The summed E-state index contributed by atoms with van der Waals surface area (Å²) in [5.74, 6) is -4.09. The van der Waals surface area contributed by atoms with E-state index in [9.17, 15) is 26.7 Å². The highest BCUT2D eigenvalue weighted by atomic mass is 19.4. The molecule has 0 aliphatic rings. The summed E-state index contributed by atoms with van der Waals surface area (Å²) in [5.41, 5.74) is -1.50. The molecule has 0 fully saturated rings. The van der Waals surface area contributed by atoms with Crippen molar-refractivity contribution in [1.82, 2.24) is 10.3 Å². The standard InChI is InChI=1S/C20H21F5N2O/c1-4-12(17-15(21)6-5-7-16(17)22)19(28)27-18(11(2)3)13-10-26-9-8-14(13)20(23,24)25/h5-12,18H,4H2,1-3H3,(H,27,28). The van der Waals surface area contributed by atoms with Gasteiger partial charge in [0.15, 0.2) is 0 Å². The molecule has 1 amide bonds. The summed E-state index contributed by atoms with van der Waals surface area (Å²) in [6.45, 7) is 4.86. The van der Waals surface area contributed by atoms with Crippen LogP contribution < -0.4 is 5.32 Å². The number of benzene rings is 1. The summed E-state index contributed by atoms with van der Waals surface area (Å²) < 4.78 is 68.3. The first kappa shape index (κ1) is 21.8. The normalized spacial score (nSPS) is 14.0. The number of aromatic nitrogens is 1. The number of carbonyl (C=O) groups excluding carboxylic acids is 1. The van der Waals surface area contributed by atoms with Gasteiger partial charge < -0.3 is 5.32 Å². The van der Waals surface area contributed by atoms with Crippen LogP contribution in [0.25, 0.3) is 0 Å². The fourth-order valence-electron chi connectivity index (χ4n) is 3.13. The molecular weight excluding hydrogens is 379 g/mol. The fourth-order valence-corrected chi connectivity index (χ4v) is 3.13. The van der Waals surface area contributed by atoms with E-state index in [4.69, 9.17) is 0 Å². The van der Waals surface area contributed by atoms with Gasteiger partial charge in [-0.3, -0.25) is 9.78 Å². The molecule has 152 valence electrons. The molecule has 0 spiro atoms. The minimum Gasteiger partial charge on any atom is -0.348 e. The number of halogens is 5. The number of amides is 1. The molecule has 0 radical (unpaired) electrons. The molecule has 8 heteroatoms. The van der Waals surface area contributed by atoms with Crippen molar-refractivity contribution in [3.8, 4) is 0 Å². The van der Waals surface area contributed by atoms with Crippen LogP contribution in [0.2, 0.25) is 0 Å². The van der Waals surface area contributed by atoms with Crippen LogP contribution in [0.1, 0.15) is 55.8 Å². The first-order valence-corrected chi connectivity index (χ1v) is 8.83. The first-order chi connectivity index (χ1) is 13.1. The van der Waals surface area contributed by atoms with Crippen molar-refractivity contribution in [2.24, 2.45) is 5.92 Å². The maximum absolute atomic E-state index is 14.1. The zero-order valence-electron chi connectivity index (χ0n) is 15.6. The molecule has 0 saturated carbocycles. The summed E-state index contributed by atoms with van der Waals surface area (Å²) in [5, 5.41) is 2.54. The zero-order valence-corrected chi connectivity index (χ0v) is 15.6. The molecule has 0 aliphatic carbocycles. The molecule has 2 unspecified atom stereocenters. The lowest BCUT2D eigenvalue weighted by Gasteiger charge is -2.27. The van der Waals surface area contributed by atoms with E-state index in [1.165, 1.54) is 6.07 Å². The van der Waals surface area contributed by atoms with Gasteiger partial charge >= 0.3 is 6.18 Å². The monoisotopic (exact) mass is 400 g/mol. The number of pyridine rings is 1. The second-order valence-corrected chi connectivity index (χ2v) is 6.79. The van der Waals surface area contributed by atoms with Crippen LogP contribution in [-0.2, 0) is 11.0 Å². The quantitative estimate of drug-likeness (QED) is 0.661. The summed E-state index contributed by atoms with van der Waals surface area (Å²) in [6, 6.07) is 3.07. The van der Waals surface area contributed by atoms with Crippen LogP contribution in [-0.4, -0.2) is 10.9 Å². The van der Waals surface area contributed by atoms with E-state index in [-0.39, 0.29) is 12.0 Å². The molecule has 2 atom stereocenters. The molecule has 0 aliphatic heterocycles. The molecule has 1 N–H and O–H groups in total. The number of hydrogen-bond donors (Lipinski definition) is 1. The summed E-state index contributed by atoms with van der Waals surface area (Å²) in [7, 11) is 0. The second kappa shape index (κ2) is 8.67. The van der Waals surface area contributed by atoms with E-state index in [2.05, 4.69) is 10.3 Å². The van der Waals surface area contributed by atoms with Crippen LogP contribution >= 0.6 is 0 Å². The lowest BCUT2D eigenvalue weighted by molar-refractivity contribution is -0.139. The Hall–Kier alpha value is -2.51. The van der Waals surface area contributed by atoms with Crippen molar-refractivity contribution < 1.29 is 26.7 Å². The number of hydrogen-bond acceptors (Lipinski definition) is 2. The number of carbonyl (C=O) groups is 1. The predicted octanol–water partition coefficient (Wildman–Crippen LogP) is 5.39. The molecule has 1 aromatic heterocycles. The van der Waals surface area contributed by atoms with Gasteiger partial charge in [-0.2, -0.15) is 13.2 Å². The van der Waals surface area contributed by atoms with Gasteiger partial charge in [-0.1, -0.05) is 26.8 Å². The largest absolute Gasteiger partial charge is 0.416 e. The van der Waals surface area contributed by atoms with Gasteiger partial charge in [-0.05, 0) is 30.5 Å². The average molecular weight is 400 g/mol. The van der Waals surface area contributed by atoms with E-state index < -0.39 is 52.7 Å². The van der Waals surface area contributed by atoms with Gasteiger partial charge in [0.1, 0.15) is 11.6 Å². The van der Waals surface area contributed by atoms with Gasteiger partial charge in [-0.15, -0.1) is 0 Å². The Morgan fingerprint density at radius 2 is 1.75 bits per heavy atom. The zero-order chi connectivity index (χ0) is 21.1. The third-order valence-electron chi connectivity index (χ3n) is 4.53. The van der Waals surface area contributed by atoms with Crippen molar-refractivity contribution >= 4 is 5.91 Å². The first-order valence-electron chi connectivity index (χ1n) is 8.83. The Bertz CT molecular complexity index is 815. The minimum absolute atomic E-state index is 0.0771. The van der Waals surface area contributed by atoms with Crippen LogP contribution in [0.15, 0.2) is 36.7 Å². The Kier molecular flexibility index (Phi) is 6.74. The minimum atomic E-state index is -4.63. The SMILES string of the molecule is CCC(C(=O)NC(c1cnccc1C(F)(F)F)C(C)C)c1c(F)cccc1F. The van der Waals surface area contributed by atoms with Crippen molar-refractivity contribution in [1.29, 1.82) is 0 Å². The highest BCUT2D eigenvalue weighted by Crippen LogP contribution is 2.36. The molecule has 0 saturated heterocycles. The van der Waals surface area contributed by atoms with Crippen LogP contribution in [0.4, 0.5) is 22.0 Å². The smallest absolute Gasteiger partial charge is 0.348 e. The molecule has 1 aromatic carbocycles. The third kappa shape index (κ3) is 4.66. The van der Waals surface area contributed by atoms with E-state index in [0.717, 1.165) is 30.6 Å². The van der Waals surface area contributed by atoms with Crippen molar-refractivity contribution in [2.45, 2.75) is 45.3 Å². The van der Waals surface area contributed by atoms with Gasteiger partial charge in [0.25, 0.3) is 0 Å². The third-order valence-corrected chi connectivity index (χ3v) is 4.53. The highest BCUT2D eigenvalue weighted by molar-refractivity contribution is 5.84. The number of nitrogens with zero attached hydrogens (tertiary/aromatic N) is 1.